The number of aromatic nitrogens is 2. The number of piperazine rings is 1. The highest BCUT2D eigenvalue weighted by Gasteiger charge is 2.30. The first-order valence-electron chi connectivity index (χ1n) is 6.67. The molecule has 1 aromatic heterocycles. The van der Waals surface area contributed by atoms with Crippen LogP contribution in [-0.4, -0.2) is 55.4 Å². The molecule has 19 heavy (non-hydrogen) atoms. The van der Waals surface area contributed by atoms with E-state index in [4.69, 9.17) is 4.74 Å². The quantitative estimate of drug-likeness (QED) is 0.765. The SMILES string of the molecule is COCCNc1cc(N2CCNCC2(C)C)ncn1. The molecule has 0 amide bonds. The molecule has 0 saturated carbocycles. The van der Waals surface area contributed by atoms with Gasteiger partial charge in [0.1, 0.15) is 18.0 Å². The molecular weight excluding hydrogens is 242 g/mol. The average Bonchev–Trinajstić information content (AvgIpc) is 2.39. The fourth-order valence-electron chi connectivity index (χ4n) is 2.28. The minimum absolute atomic E-state index is 0.0659. The zero-order valence-electron chi connectivity index (χ0n) is 11.9. The number of anilines is 2. The van der Waals surface area contributed by atoms with Gasteiger partial charge in [-0.1, -0.05) is 0 Å². The Bertz CT molecular complexity index is 410. The van der Waals surface area contributed by atoms with Gasteiger partial charge in [0.05, 0.1) is 6.61 Å². The molecule has 6 heteroatoms. The highest BCUT2D eigenvalue weighted by atomic mass is 16.5. The number of methoxy groups -OCH3 is 1. The Labute approximate surface area is 114 Å². The van der Waals surface area contributed by atoms with Crippen molar-refractivity contribution in [3.63, 3.8) is 0 Å². The van der Waals surface area contributed by atoms with Gasteiger partial charge in [0.25, 0.3) is 0 Å². The molecule has 0 bridgehead atoms. The number of nitrogens with one attached hydrogen (secondary N) is 2. The smallest absolute Gasteiger partial charge is 0.134 e. The first kappa shape index (κ1) is 14.0. The van der Waals surface area contributed by atoms with Crippen molar-refractivity contribution < 1.29 is 4.74 Å². The second-order valence-electron chi connectivity index (χ2n) is 5.32. The number of hydrogen-bond donors (Lipinski definition) is 2. The molecule has 106 valence electrons. The van der Waals surface area contributed by atoms with E-state index in [1.807, 2.05) is 6.07 Å². The molecule has 0 radical (unpaired) electrons. The average molecular weight is 265 g/mol. The second-order valence-corrected chi connectivity index (χ2v) is 5.32. The van der Waals surface area contributed by atoms with Crippen LogP contribution < -0.4 is 15.5 Å². The lowest BCUT2D eigenvalue weighted by Gasteiger charge is -2.43. The lowest BCUT2D eigenvalue weighted by atomic mass is 10.0. The zero-order chi connectivity index (χ0) is 13.7. The maximum atomic E-state index is 5.02. The predicted molar refractivity (Wildman–Crippen MR) is 76.7 cm³/mol. The molecule has 1 aliphatic heterocycles. The summed E-state index contributed by atoms with van der Waals surface area (Å²) >= 11 is 0. The highest BCUT2D eigenvalue weighted by molar-refractivity contribution is 5.50. The van der Waals surface area contributed by atoms with Crippen LogP contribution in [0.25, 0.3) is 0 Å². The van der Waals surface area contributed by atoms with E-state index in [-0.39, 0.29) is 5.54 Å². The summed E-state index contributed by atoms with van der Waals surface area (Å²) in [6.07, 6.45) is 1.61. The third kappa shape index (κ3) is 3.54. The first-order chi connectivity index (χ1) is 9.13. The lowest BCUT2D eigenvalue weighted by molar-refractivity contribution is 0.210. The van der Waals surface area contributed by atoms with E-state index in [1.54, 1.807) is 13.4 Å². The van der Waals surface area contributed by atoms with E-state index in [0.29, 0.717) is 6.61 Å². The summed E-state index contributed by atoms with van der Waals surface area (Å²) in [5.41, 5.74) is 0.0659. The first-order valence-corrected chi connectivity index (χ1v) is 6.67. The normalized spacial score (nSPS) is 18.4. The predicted octanol–water partition coefficient (Wildman–Crippen LogP) is 0.723. The molecule has 1 aromatic rings. The van der Waals surface area contributed by atoms with Crippen molar-refractivity contribution in [1.29, 1.82) is 0 Å². The second kappa shape index (κ2) is 6.16. The fourth-order valence-corrected chi connectivity index (χ4v) is 2.28. The van der Waals surface area contributed by atoms with E-state index in [2.05, 4.69) is 39.3 Å². The van der Waals surface area contributed by atoms with Crippen LogP contribution in [0.2, 0.25) is 0 Å². The van der Waals surface area contributed by atoms with Gasteiger partial charge < -0.3 is 20.3 Å². The van der Waals surface area contributed by atoms with E-state index in [0.717, 1.165) is 37.8 Å². The van der Waals surface area contributed by atoms with Crippen LogP contribution in [0.4, 0.5) is 11.6 Å². The van der Waals surface area contributed by atoms with Crippen LogP contribution in [0.15, 0.2) is 12.4 Å². The maximum absolute atomic E-state index is 5.02. The number of hydrogen-bond acceptors (Lipinski definition) is 6. The molecule has 2 N–H and O–H groups in total. The molecule has 1 saturated heterocycles. The Morgan fingerprint density at radius 1 is 1.47 bits per heavy atom. The molecule has 2 heterocycles. The van der Waals surface area contributed by atoms with Crippen molar-refractivity contribution in [3.8, 4) is 0 Å². The Hall–Kier alpha value is -1.40. The highest BCUT2D eigenvalue weighted by Crippen LogP contribution is 2.24. The molecule has 0 aromatic carbocycles. The monoisotopic (exact) mass is 265 g/mol. The van der Waals surface area contributed by atoms with E-state index in [9.17, 15) is 0 Å². The number of nitrogens with zero attached hydrogens (tertiary/aromatic N) is 3. The van der Waals surface area contributed by atoms with Gasteiger partial charge in [-0.05, 0) is 13.8 Å². The van der Waals surface area contributed by atoms with Crippen LogP contribution >= 0.6 is 0 Å². The number of rotatable bonds is 5. The topological polar surface area (TPSA) is 62.3 Å². The van der Waals surface area contributed by atoms with Gasteiger partial charge >= 0.3 is 0 Å². The summed E-state index contributed by atoms with van der Waals surface area (Å²) in [7, 11) is 1.69. The molecule has 0 unspecified atom stereocenters. The van der Waals surface area contributed by atoms with Crippen molar-refractivity contribution in [3.05, 3.63) is 12.4 Å². The maximum Gasteiger partial charge on any atom is 0.134 e. The van der Waals surface area contributed by atoms with Crippen LogP contribution in [-0.2, 0) is 4.74 Å². The van der Waals surface area contributed by atoms with Crippen LogP contribution in [0.3, 0.4) is 0 Å². The summed E-state index contributed by atoms with van der Waals surface area (Å²) in [6, 6.07) is 2.00. The van der Waals surface area contributed by atoms with Gasteiger partial charge in [-0.15, -0.1) is 0 Å². The van der Waals surface area contributed by atoms with Crippen LogP contribution in [0.1, 0.15) is 13.8 Å². The summed E-state index contributed by atoms with van der Waals surface area (Å²) in [5.74, 6) is 1.82. The molecule has 1 fully saturated rings. The van der Waals surface area contributed by atoms with Gasteiger partial charge in [-0.25, -0.2) is 9.97 Å². The minimum Gasteiger partial charge on any atom is -0.383 e. The van der Waals surface area contributed by atoms with Crippen molar-refractivity contribution >= 4 is 11.6 Å². The summed E-state index contributed by atoms with van der Waals surface area (Å²) < 4.78 is 5.02. The fraction of sp³-hybridized carbons (Fsp3) is 0.692. The molecular formula is C13H23N5O. The standard InChI is InChI=1S/C13H23N5O/c1-13(2)9-14-4-6-18(13)12-8-11(16-10-17-12)15-5-7-19-3/h8,10,14H,4-7,9H2,1-3H3,(H,15,16,17). The molecule has 0 spiro atoms. The third-order valence-electron chi connectivity index (χ3n) is 3.34. The van der Waals surface area contributed by atoms with Crippen molar-refractivity contribution in [2.24, 2.45) is 0 Å². The lowest BCUT2D eigenvalue weighted by Crippen LogP contribution is -2.58. The Balaban J connectivity index is 2.09. The largest absolute Gasteiger partial charge is 0.383 e. The third-order valence-corrected chi connectivity index (χ3v) is 3.34. The van der Waals surface area contributed by atoms with Gasteiger partial charge in [-0.3, -0.25) is 0 Å². The van der Waals surface area contributed by atoms with Gasteiger partial charge in [0.2, 0.25) is 0 Å². The summed E-state index contributed by atoms with van der Waals surface area (Å²) in [5, 5.41) is 6.65. The van der Waals surface area contributed by atoms with Gasteiger partial charge in [0, 0.05) is 44.9 Å². The molecule has 6 nitrogen and oxygen atoms in total. The van der Waals surface area contributed by atoms with Crippen molar-refractivity contribution in [1.82, 2.24) is 15.3 Å². The van der Waals surface area contributed by atoms with Gasteiger partial charge in [-0.2, -0.15) is 0 Å². The zero-order valence-corrected chi connectivity index (χ0v) is 11.9. The van der Waals surface area contributed by atoms with E-state index < -0.39 is 0 Å². The van der Waals surface area contributed by atoms with E-state index >= 15 is 0 Å². The number of ether oxygens (including phenoxy) is 1. The Kier molecular flexibility index (Phi) is 4.55. The minimum atomic E-state index is 0.0659. The molecule has 1 aliphatic rings. The Morgan fingerprint density at radius 3 is 3.05 bits per heavy atom. The van der Waals surface area contributed by atoms with E-state index in [1.165, 1.54) is 0 Å². The summed E-state index contributed by atoms with van der Waals surface area (Å²) in [6.45, 7) is 8.76. The molecule has 0 atom stereocenters. The molecule has 0 aliphatic carbocycles. The Morgan fingerprint density at radius 2 is 2.32 bits per heavy atom. The van der Waals surface area contributed by atoms with Crippen LogP contribution in [0.5, 0.6) is 0 Å². The van der Waals surface area contributed by atoms with Crippen LogP contribution in [0, 0.1) is 0 Å². The van der Waals surface area contributed by atoms with Gasteiger partial charge in [0.15, 0.2) is 0 Å². The van der Waals surface area contributed by atoms with Crippen molar-refractivity contribution in [2.45, 2.75) is 19.4 Å². The molecule has 2 rings (SSSR count). The summed E-state index contributed by atoms with van der Waals surface area (Å²) in [4.78, 5) is 11.0. The van der Waals surface area contributed by atoms with Crippen molar-refractivity contribution in [2.75, 3.05) is 50.1 Å².